The largest absolute Gasteiger partial charge is 0.473 e. The number of hydrogen-bond acceptors (Lipinski definition) is 4. The molecule has 0 aliphatic carbocycles. The lowest BCUT2D eigenvalue weighted by Gasteiger charge is -2.36. The fraction of sp³-hybridized carbons (Fsp3) is 0.400. The fourth-order valence-corrected chi connectivity index (χ4v) is 2.42. The van der Waals surface area contributed by atoms with Crippen molar-refractivity contribution in [1.29, 1.82) is 0 Å². The fourth-order valence-electron chi connectivity index (χ4n) is 2.42. The normalized spacial score (nSPS) is 20.7. The number of nitrogens with zero attached hydrogens (tertiary/aromatic N) is 2. The molecule has 1 N–H and O–H groups in total. The Morgan fingerprint density at radius 1 is 1.32 bits per heavy atom. The first-order valence-corrected chi connectivity index (χ1v) is 7.07. The highest BCUT2D eigenvalue weighted by molar-refractivity contribution is 5.88. The molecule has 0 saturated carbocycles. The summed E-state index contributed by atoms with van der Waals surface area (Å²) in [6.07, 6.45) is 2.80. The summed E-state index contributed by atoms with van der Waals surface area (Å²) in [5.41, 5.74) is 0.213. The Kier molecular flexibility index (Phi) is 3.96. The van der Waals surface area contributed by atoms with Crippen molar-refractivity contribution in [3.8, 4) is 0 Å². The van der Waals surface area contributed by atoms with Gasteiger partial charge in [-0.1, -0.05) is 0 Å². The predicted octanol–water partition coefficient (Wildman–Crippen LogP) is 2.52. The lowest BCUT2D eigenvalue weighted by atomic mass is 10.1. The van der Waals surface area contributed by atoms with E-state index in [2.05, 4.69) is 22.1 Å². The van der Waals surface area contributed by atoms with E-state index in [1.807, 2.05) is 0 Å². The van der Waals surface area contributed by atoms with Gasteiger partial charge in [-0.3, -0.25) is 0 Å². The summed E-state index contributed by atoms with van der Waals surface area (Å²) in [4.78, 5) is 6.35. The minimum atomic E-state index is -1.48. The second-order valence-electron chi connectivity index (χ2n) is 5.43. The van der Waals surface area contributed by atoms with E-state index >= 15 is 0 Å². The first kappa shape index (κ1) is 14.7. The van der Waals surface area contributed by atoms with Gasteiger partial charge in [-0.15, -0.1) is 0 Å². The molecule has 1 aromatic carbocycles. The van der Waals surface area contributed by atoms with Gasteiger partial charge in [-0.25, -0.2) is 18.2 Å². The first-order chi connectivity index (χ1) is 10.5. The van der Waals surface area contributed by atoms with Crippen molar-refractivity contribution in [1.82, 2.24) is 10.2 Å². The minimum absolute atomic E-state index is 0.0771. The Labute approximate surface area is 126 Å². The van der Waals surface area contributed by atoms with E-state index in [0.717, 1.165) is 30.9 Å². The van der Waals surface area contributed by atoms with Crippen LogP contribution in [0.5, 0.6) is 0 Å². The van der Waals surface area contributed by atoms with E-state index in [-0.39, 0.29) is 12.2 Å². The third-order valence-electron chi connectivity index (χ3n) is 3.65. The Balaban J connectivity index is 1.66. The number of benzene rings is 1. The molecule has 1 saturated heterocycles. The lowest BCUT2D eigenvalue weighted by molar-refractivity contribution is 0.237. The van der Waals surface area contributed by atoms with Gasteiger partial charge in [0.1, 0.15) is 19.1 Å². The molecule has 2 heterocycles. The van der Waals surface area contributed by atoms with Crippen LogP contribution in [0.4, 0.5) is 13.2 Å². The number of hydrogen-bond donors (Lipinski definition) is 1. The molecule has 118 valence electrons. The summed E-state index contributed by atoms with van der Waals surface area (Å²) in [6.45, 7) is 3.42. The molecule has 7 heteroatoms. The molecular formula is C15H16F3N3O. The summed E-state index contributed by atoms with van der Waals surface area (Å²) in [5, 5.41) is 3.33. The Morgan fingerprint density at radius 3 is 2.77 bits per heavy atom. The standard InChI is InChI=1S/C15H16F3N3O/c1-9-2-3-21-8-19-14(6-13(21)20-9)22-7-10-4-11(16)15(18)12(17)5-10/h4-6,9,20H,2-3,7-8H2,1H3/t9-/m0/s1. The van der Waals surface area contributed by atoms with E-state index in [9.17, 15) is 13.2 Å². The van der Waals surface area contributed by atoms with E-state index in [1.54, 1.807) is 6.08 Å². The van der Waals surface area contributed by atoms with Crippen LogP contribution >= 0.6 is 0 Å². The topological polar surface area (TPSA) is 36.9 Å². The molecule has 3 rings (SSSR count). The highest BCUT2D eigenvalue weighted by atomic mass is 19.2. The summed E-state index contributed by atoms with van der Waals surface area (Å²) in [5.74, 6) is -2.61. The van der Waals surface area contributed by atoms with Crippen LogP contribution in [0.2, 0.25) is 0 Å². The molecule has 1 aromatic rings. The molecular weight excluding hydrogens is 295 g/mol. The van der Waals surface area contributed by atoms with Crippen LogP contribution in [-0.4, -0.2) is 30.1 Å². The number of aliphatic imine (C=N–C) groups is 1. The van der Waals surface area contributed by atoms with Gasteiger partial charge in [0, 0.05) is 18.7 Å². The molecule has 0 aromatic heterocycles. The molecule has 4 nitrogen and oxygen atoms in total. The molecule has 2 aliphatic rings. The Morgan fingerprint density at radius 2 is 2.05 bits per heavy atom. The summed E-state index contributed by atoms with van der Waals surface area (Å²) < 4.78 is 44.6. The van der Waals surface area contributed by atoms with Gasteiger partial charge < -0.3 is 15.0 Å². The zero-order valence-corrected chi connectivity index (χ0v) is 12.1. The van der Waals surface area contributed by atoms with Crippen molar-refractivity contribution in [2.75, 3.05) is 13.2 Å². The summed E-state index contributed by atoms with van der Waals surface area (Å²) in [6, 6.07) is 2.21. The van der Waals surface area contributed by atoms with Crippen molar-refractivity contribution in [2.45, 2.75) is 26.0 Å². The zero-order valence-electron chi connectivity index (χ0n) is 12.1. The smallest absolute Gasteiger partial charge is 0.214 e. The SMILES string of the molecule is C[C@H]1CCN2CN=C(OCc3cc(F)c(F)c(F)c3)C=C2N1. The van der Waals surface area contributed by atoms with E-state index < -0.39 is 17.5 Å². The van der Waals surface area contributed by atoms with Gasteiger partial charge in [-0.05, 0) is 31.0 Å². The second kappa shape index (κ2) is 5.90. The second-order valence-corrected chi connectivity index (χ2v) is 5.43. The number of fused-ring (bicyclic) bond motifs is 1. The third kappa shape index (κ3) is 3.03. The van der Waals surface area contributed by atoms with Crippen molar-refractivity contribution in [2.24, 2.45) is 4.99 Å². The monoisotopic (exact) mass is 311 g/mol. The van der Waals surface area contributed by atoms with E-state index in [4.69, 9.17) is 4.74 Å². The molecule has 2 aliphatic heterocycles. The molecule has 1 fully saturated rings. The van der Waals surface area contributed by atoms with Gasteiger partial charge in [0.15, 0.2) is 17.5 Å². The molecule has 0 radical (unpaired) electrons. The predicted molar refractivity (Wildman–Crippen MR) is 75.4 cm³/mol. The van der Waals surface area contributed by atoms with Crippen LogP contribution in [0.1, 0.15) is 18.9 Å². The Bertz CT molecular complexity index is 622. The summed E-state index contributed by atoms with van der Waals surface area (Å²) in [7, 11) is 0. The van der Waals surface area contributed by atoms with Gasteiger partial charge in [0.25, 0.3) is 0 Å². The van der Waals surface area contributed by atoms with Gasteiger partial charge in [0.05, 0.1) is 0 Å². The molecule has 0 amide bonds. The molecule has 0 bridgehead atoms. The van der Waals surface area contributed by atoms with E-state index in [1.165, 1.54) is 0 Å². The lowest BCUT2D eigenvalue weighted by Crippen LogP contribution is -2.46. The van der Waals surface area contributed by atoms with Crippen LogP contribution in [0.3, 0.4) is 0 Å². The molecule has 1 atom stereocenters. The quantitative estimate of drug-likeness (QED) is 0.853. The average molecular weight is 311 g/mol. The minimum Gasteiger partial charge on any atom is -0.473 e. The number of nitrogens with one attached hydrogen (secondary N) is 1. The number of halogens is 3. The van der Waals surface area contributed by atoms with Crippen molar-refractivity contribution < 1.29 is 17.9 Å². The highest BCUT2D eigenvalue weighted by Gasteiger charge is 2.22. The van der Waals surface area contributed by atoms with Gasteiger partial charge >= 0.3 is 0 Å². The molecule has 22 heavy (non-hydrogen) atoms. The van der Waals surface area contributed by atoms with Gasteiger partial charge in [-0.2, -0.15) is 0 Å². The van der Waals surface area contributed by atoms with Crippen LogP contribution in [-0.2, 0) is 11.3 Å². The molecule has 0 spiro atoms. The van der Waals surface area contributed by atoms with E-state index in [0.29, 0.717) is 18.6 Å². The maximum absolute atomic E-state index is 13.1. The first-order valence-electron chi connectivity index (χ1n) is 7.07. The average Bonchev–Trinajstić information content (AvgIpc) is 2.50. The van der Waals surface area contributed by atoms with Crippen LogP contribution in [0, 0.1) is 17.5 Å². The molecule has 0 unspecified atom stereocenters. The van der Waals surface area contributed by atoms with Crippen molar-refractivity contribution >= 4 is 5.90 Å². The number of rotatable bonds is 2. The van der Waals surface area contributed by atoms with Crippen LogP contribution in [0.15, 0.2) is 29.0 Å². The van der Waals surface area contributed by atoms with Crippen LogP contribution < -0.4 is 5.32 Å². The Hall–Kier alpha value is -2.18. The van der Waals surface area contributed by atoms with Crippen molar-refractivity contribution in [3.63, 3.8) is 0 Å². The van der Waals surface area contributed by atoms with Crippen molar-refractivity contribution in [3.05, 3.63) is 47.0 Å². The number of ether oxygens (including phenoxy) is 1. The summed E-state index contributed by atoms with van der Waals surface area (Å²) >= 11 is 0. The highest BCUT2D eigenvalue weighted by Crippen LogP contribution is 2.18. The van der Waals surface area contributed by atoms with Gasteiger partial charge in [0.2, 0.25) is 5.90 Å². The zero-order chi connectivity index (χ0) is 15.7. The third-order valence-corrected chi connectivity index (χ3v) is 3.65. The maximum atomic E-state index is 13.1. The van der Waals surface area contributed by atoms with Crippen LogP contribution in [0.25, 0.3) is 0 Å². The maximum Gasteiger partial charge on any atom is 0.214 e.